The van der Waals surface area contributed by atoms with Gasteiger partial charge in [-0.1, -0.05) is 36.4 Å². The first kappa shape index (κ1) is 18.5. The summed E-state index contributed by atoms with van der Waals surface area (Å²) in [7, 11) is 1.54. The second-order valence-corrected chi connectivity index (χ2v) is 5.85. The van der Waals surface area contributed by atoms with Crippen LogP contribution in [0.15, 0.2) is 48.5 Å². The van der Waals surface area contributed by atoms with Gasteiger partial charge in [0.2, 0.25) is 0 Å². The van der Waals surface area contributed by atoms with Crippen molar-refractivity contribution in [1.82, 2.24) is 5.32 Å². The Hall–Kier alpha value is -2.84. The van der Waals surface area contributed by atoms with E-state index < -0.39 is 5.97 Å². The van der Waals surface area contributed by atoms with Crippen molar-refractivity contribution >= 4 is 5.97 Å². The molecule has 5 nitrogen and oxygen atoms in total. The first-order chi connectivity index (χ1) is 12.1. The standard InChI is InChI=1S/C20H22N2O3/c1-25-19-12-16(7-8-17(19)13-21)14-22-18(9-10-20(23)24)11-15-5-3-2-4-6-15/h2-8,12,18,22H,9-11,14H2,1H3,(H,23,24). The summed E-state index contributed by atoms with van der Waals surface area (Å²) >= 11 is 0. The van der Waals surface area contributed by atoms with E-state index in [4.69, 9.17) is 15.1 Å². The van der Waals surface area contributed by atoms with Gasteiger partial charge < -0.3 is 15.2 Å². The highest BCUT2D eigenvalue weighted by atomic mass is 16.5. The molecule has 0 fully saturated rings. The lowest BCUT2D eigenvalue weighted by Gasteiger charge is -2.19. The maximum atomic E-state index is 10.9. The topological polar surface area (TPSA) is 82.3 Å². The van der Waals surface area contributed by atoms with E-state index in [1.165, 1.54) is 5.56 Å². The van der Waals surface area contributed by atoms with Crippen LogP contribution >= 0.6 is 0 Å². The Morgan fingerprint density at radius 2 is 2.00 bits per heavy atom. The van der Waals surface area contributed by atoms with Crippen molar-refractivity contribution < 1.29 is 14.6 Å². The lowest BCUT2D eigenvalue weighted by atomic mass is 10.0. The Labute approximate surface area is 147 Å². The number of nitriles is 1. The highest BCUT2D eigenvalue weighted by molar-refractivity contribution is 5.66. The maximum Gasteiger partial charge on any atom is 0.303 e. The highest BCUT2D eigenvalue weighted by Crippen LogP contribution is 2.19. The molecule has 0 saturated carbocycles. The van der Waals surface area contributed by atoms with Crippen LogP contribution in [0.2, 0.25) is 0 Å². The number of aliphatic carboxylic acids is 1. The van der Waals surface area contributed by atoms with Crippen LogP contribution in [0.25, 0.3) is 0 Å². The van der Waals surface area contributed by atoms with Crippen molar-refractivity contribution in [3.8, 4) is 11.8 Å². The number of rotatable bonds is 9. The van der Waals surface area contributed by atoms with E-state index in [1.807, 2.05) is 42.5 Å². The van der Waals surface area contributed by atoms with Crippen molar-refractivity contribution in [2.75, 3.05) is 7.11 Å². The summed E-state index contributed by atoms with van der Waals surface area (Å²) in [6.07, 6.45) is 1.44. The summed E-state index contributed by atoms with van der Waals surface area (Å²) in [4.78, 5) is 10.9. The third-order valence-electron chi connectivity index (χ3n) is 4.01. The van der Waals surface area contributed by atoms with Gasteiger partial charge in [0.05, 0.1) is 12.7 Å². The lowest BCUT2D eigenvalue weighted by Crippen LogP contribution is -2.31. The zero-order valence-electron chi connectivity index (χ0n) is 14.2. The number of carbonyl (C=O) groups is 1. The molecule has 25 heavy (non-hydrogen) atoms. The van der Waals surface area contributed by atoms with Gasteiger partial charge in [0.15, 0.2) is 0 Å². The van der Waals surface area contributed by atoms with Crippen molar-refractivity contribution in [3.05, 3.63) is 65.2 Å². The predicted octanol–water partition coefficient (Wildman–Crippen LogP) is 3.13. The number of nitrogens with zero attached hydrogens (tertiary/aromatic N) is 1. The van der Waals surface area contributed by atoms with E-state index in [0.29, 0.717) is 24.3 Å². The van der Waals surface area contributed by atoms with Gasteiger partial charge in [0.1, 0.15) is 11.8 Å². The van der Waals surface area contributed by atoms with Crippen LogP contribution in [0, 0.1) is 11.3 Å². The second-order valence-electron chi connectivity index (χ2n) is 5.85. The minimum absolute atomic E-state index is 0.0557. The van der Waals surface area contributed by atoms with E-state index in [-0.39, 0.29) is 12.5 Å². The molecule has 0 bridgehead atoms. The Morgan fingerprint density at radius 1 is 1.24 bits per heavy atom. The van der Waals surface area contributed by atoms with Gasteiger partial charge >= 0.3 is 5.97 Å². The van der Waals surface area contributed by atoms with Crippen molar-refractivity contribution in [1.29, 1.82) is 5.26 Å². The second kappa shape index (κ2) is 9.45. The molecule has 0 radical (unpaired) electrons. The molecule has 1 unspecified atom stereocenters. The van der Waals surface area contributed by atoms with Gasteiger partial charge in [-0.3, -0.25) is 4.79 Å². The van der Waals surface area contributed by atoms with Crippen LogP contribution in [-0.4, -0.2) is 24.2 Å². The molecule has 2 aromatic rings. The number of carboxylic acid groups (broad SMARTS) is 1. The Bertz CT molecular complexity index is 738. The minimum Gasteiger partial charge on any atom is -0.495 e. The molecule has 0 aliphatic carbocycles. The van der Waals surface area contributed by atoms with E-state index >= 15 is 0 Å². The molecular formula is C20H22N2O3. The van der Waals surface area contributed by atoms with Gasteiger partial charge in [0.25, 0.3) is 0 Å². The van der Waals surface area contributed by atoms with Crippen LogP contribution in [0.3, 0.4) is 0 Å². The zero-order chi connectivity index (χ0) is 18.1. The van der Waals surface area contributed by atoms with Gasteiger partial charge in [-0.05, 0) is 36.1 Å². The molecular weight excluding hydrogens is 316 g/mol. The molecule has 2 rings (SSSR count). The fourth-order valence-electron chi connectivity index (χ4n) is 2.67. The third kappa shape index (κ3) is 5.94. The van der Waals surface area contributed by atoms with Crippen LogP contribution in [0.4, 0.5) is 0 Å². The first-order valence-corrected chi connectivity index (χ1v) is 8.18. The van der Waals surface area contributed by atoms with Gasteiger partial charge in [-0.2, -0.15) is 5.26 Å². The third-order valence-corrected chi connectivity index (χ3v) is 4.01. The zero-order valence-corrected chi connectivity index (χ0v) is 14.2. The first-order valence-electron chi connectivity index (χ1n) is 8.18. The molecule has 2 N–H and O–H groups in total. The summed E-state index contributed by atoms with van der Waals surface area (Å²) in [6.45, 7) is 0.583. The molecule has 0 aliphatic heterocycles. The number of nitrogens with one attached hydrogen (secondary N) is 1. The van der Waals surface area contributed by atoms with Crippen LogP contribution in [0.5, 0.6) is 5.75 Å². The average molecular weight is 338 g/mol. The number of carboxylic acids is 1. The van der Waals surface area contributed by atoms with Gasteiger partial charge in [-0.25, -0.2) is 0 Å². The van der Waals surface area contributed by atoms with Gasteiger partial charge in [0, 0.05) is 19.0 Å². The Balaban J connectivity index is 2.03. The molecule has 0 aromatic heterocycles. The van der Waals surface area contributed by atoms with E-state index in [0.717, 1.165) is 12.0 Å². The molecule has 0 spiro atoms. The SMILES string of the molecule is COc1cc(CNC(CCC(=O)O)Cc2ccccc2)ccc1C#N. The molecule has 5 heteroatoms. The highest BCUT2D eigenvalue weighted by Gasteiger charge is 2.12. The smallest absolute Gasteiger partial charge is 0.303 e. The molecule has 0 heterocycles. The molecule has 1 atom stereocenters. The van der Waals surface area contributed by atoms with Crippen molar-refractivity contribution in [2.45, 2.75) is 31.8 Å². The number of hydrogen-bond acceptors (Lipinski definition) is 4. The average Bonchev–Trinajstić information content (AvgIpc) is 2.64. The van der Waals surface area contributed by atoms with Crippen LogP contribution in [0.1, 0.15) is 29.5 Å². The predicted molar refractivity (Wildman–Crippen MR) is 95.4 cm³/mol. The number of benzene rings is 2. The van der Waals surface area contributed by atoms with Crippen molar-refractivity contribution in [3.63, 3.8) is 0 Å². The molecule has 0 saturated heterocycles. The van der Waals surface area contributed by atoms with E-state index in [9.17, 15) is 4.79 Å². The van der Waals surface area contributed by atoms with Crippen LogP contribution < -0.4 is 10.1 Å². The van der Waals surface area contributed by atoms with E-state index in [1.54, 1.807) is 13.2 Å². The summed E-state index contributed by atoms with van der Waals surface area (Å²) < 4.78 is 5.23. The quantitative estimate of drug-likeness (QED) is 0.734. The van der Waals surface area contributed by atoms with E-state index in [2.05, 4.69) is 11.4 Å². The lowest BCUT2D eigenvalue weighted by molar-refractivity contribution is -0.137. The molecule has 0 aliphatic rings. The fraction of sp³-hybridized carbons (Fsp3) is 0.300. The maximum absolute atomic E-state index is 10.9. The number of hydrogen-bond donors (Lipinski definition) is 2. The number of ether oxygens (including phenoxy) is 1. The summed E-state index contributed by atoms with van der Waals surface area (Å²) in [5.74, 6) is -0.244. The van der Waals surface area contributed by atoms with Crippen molar-refractivity contribution in [2.24, 2.45) is 0 Å². The normalized spacial score (nSPS) is 11.5. The molecule has 0 amide bonds. The monoisotopic (exact) mass is 338 g/mol. The Morgan fingerprint density at radius 3 is 2.64 bits per heavy atom. The summed E-state index contributed by atoms with van der Waals surface area (Å²) in [6, 6.07) is 17.6. The fourth-order valence-corrected chi connectivity index (χ4v) is 2.67. The summed E-state index contributed by atoms with van der Waals surface area (Å²) in [5, 5.41) is 21.4. The number of methoxy groups -OCH3 is 1. The molecule has 2 aromatic carbocycles. The Kier molecular flexibility index (Phi) is 7.00. The largest absolute Gasteiger partial charge is 0.495 e. The van der Waals surface area contributed by atoms with Crippen LogP contribution in [-0.2, 0) is 17.8 Å². The minimum atomic E-state index is -0.792. The van der Waals surface area contributed by atoms with Gasteiger partial charge in [-0.15, -0.1) is 0 Å². The molecule has 130 valence electrons. The summed E-state index contributed by atoms with van der Waals surface area (Å²) in [5.41, 5.74) is 2.66.